The van der Waals surface area contributed by atoms with Crippen molar-refractivity contribution in [3.05, 3.63) is 0 Å². The molecule has 1 aliphatic rings. The van der Waals surface area contributed by atoms with Gasteiger partial charge in [0.1, 0.15) is 0 Å². The Labute approximate surface area is 65.4 Å². The van der Waals surface area contributed by atoms with E-state index in [1.807, 2.05) is 6.92 Å². The summed E-state index contributed by atoms with van der Waals surface area (Å²) in [5, 5.41) is 17.4. The van der Waals surface area contributed by atoms with E-state index in [1.54, 1.807) is 0 Å². The Morgan fingerprint density at radius 1 is 1.73 bits per heavy atom. The van der Waals surface area contributed by atoms with E-state index < -0.39 is 6.09 Å². The zero-order valence-electron chi connectivity index (χ0n) is 6.53. The zero-order chi connectivity index (χ0) is 8.43. The van der Waals surface area contributed by atoms with E-state index in [1.165, 1.54) is 4.90 Å². The van der Waals surface area contributed by atoms with E-state index >= 15 is 0 Å². The van der Waals surface area contributed by atoms with Crippen molar-refractivity contribution in [2.24, 2.45) is 5.92 Å². The fourth-order valence-electron chi connectivity index (χ4n) is 1.56. The third-order valence-corrected chi connectivity index (χ3v) is 2.08. The van der Waals surface area contributed by atoms with Crippen molar-refractivity contribution >= 4 is 6.09 Å². The number of nitrogens with zero attached hydrogens (tertiary/aromatic N) is 1. The van der Waals surface area contributed by atoms with Crippen LogP contribution in [0.4, 0.5) is 4.79 Å². The lowest BCUT2D eigenvalue weighted by Gasteiger charge is -2.18. The summed E-state index contributed by atoms with van der Waals surface area (Å²) in [4.78, 5) is 11.8. The van der Waals surface area contributed by atoms with Crippen molar-refractivity contribution in [3.8, 4) is 0 Å². The number of hydrogen-bond donors (Lipinski definition) is 2. The van der Waals surface area contributed by atoms with Crippen molar-refractivity contribution < 1.29 is 15.0 Å². The first kappa shape index (κ1) is 8.33. The molecule has 0 radical (unpaired) electrons. The molecule has 11 heavy (non-hydrogen) atoms. The SMILES string of the molecule is C[C@H]1C[C@@H](CO)N(C(=O)O)C1. The molecular weight excluding hydrogens is 146 g/mol. The van der Waals surface area contributed by atoms with Crippen LogP contribution in [0, 0.1) is 5.92 Å². The van der Waals surface area contributed by atoms with Gasteiger partial charge in [0, 0.05) is 6.54 Å². The monoisotopic (exact) mass is 159 g/mol. The summed E-state index contributed by atoms with van der Waals surface area (Å²) < 4.78 is 0. The molecule has 1 rings (SSSR count). The third kappa shape index (κ3) is 1.63. The van der Waals surface area contributed by atoms with Crippen LogP contribution in [0.15, 0.2) is 0 Å². The second-order valence-corrected chi connectivity index (χ2v) is 3.11. The Balaban J connectivity index is 2.57. The number of aliphatic hydroxyl groups excluding tert-OH is 1. The van der Waals surface area contributed by atoms with Gasteiger partial charge in [0.05, 0.1) is 12.6 Å². The molecule has 0 spiro atoms. The fraction of sp³-hybridized carbons (Fsp3) is 0.857. The largest absolute Gasteiger partial charge is 0.465 e. The predicted octanol–water partition coefficient (Wildman–Crippen LogP) is 0.367. The average Bonchev–Trinajstić information content (AvgIpc) is 2.30. The molecule has 2 atom stereocenters. The molecule has 0 unspecified atom stereocenters. The molecular formula is C7H13NO3. The maximum Gasteiger partial charge on any atom is 0.407 e. The number of amides is 1. The van der Waals surface area contributed by atoms with Crippen LogP contribution in [-0.4, -0.2) is 40.4 Å². The summed E-state index contributed by atoms with van der Waals surface area (Å²) in [5.41, 5.74) is 0. The predicted molar refractivity (Wildman–Crippen MR) is 39.4 cm³/mol. The first-order valence-corrected chi connectivity index (χ1v) is 3.75. The van der Waals surface area contributed by atoms with Crippen molar-refractivity contribution in [2.45, 2.75) is 19.4 Å². The molecule has 1 saturated heterocycles. The molecule has 64 valence electrons. The molecule has 1 amide bonds. The van der Waals surface area contributed by atoms with Crippen molar-refractivity contribution in [2.75, 3.05) is 13.2 Å². The molecule has 1 heterocycles. The Morgan fingerprint density at radius 2 is 2.36 bits per heavy atom. The summed E-state index contributed by atoms with van der Waals surface area (Å²) in [6.45, 7) is 2.49. The lowest BCUT2D eigenvalue weighted by molar-refractivity contribution is 0.118. The molecule has 0 bridgehead atoms. The number of carboxylic acid groups (broad SMARTS) is 1. The first-order chi connectivity index (χ1) is 5.15. The van der Waals surface area contributed by atoms with Crippen LogP contribution in [0.25, 0.3) is 0 Å². The van der Waals surface area contributed by atoms with E-state index in [0.717, 1.165) is 6.42 Å². The molecule has 1 fully saturated rings. The van der Waals surface area contributed by atoms with E-state index in [0.29, 0.717) is 12.5 Å². The highest BCUT2D eigenvalue weighted by Crippen LogP contribution is 2.21. The maximum atomic E-state index is 10.5. The Hall–Kier alpha value is -0.770. The second kappa shape index (κ2) is 3.09. The molecule has 0 aromatic heterocycles. The summed E-state index contributed by atoms with van der Waals surface area (Å²) in [6.07, 6.45) is -0.142. The van der Waals surface area contributed by atoms with Crippen LogP contribution in [-0.2, 0) is 0 Å². The summed E-state index contributed by atoms with van der Waals surface area (Å²) in [5.74, 6) is 0.378. The molecule has 0 aliphatic carbocycles. The van der Waals surface area contributed by atoms with Gasteiger partial charge in [0.25, 0.3) is 0 Å². The maximum absolute atomic E-state index is 10.5. The molecule has 4 nitrogen and oxygen atoms in total. The zero-order valence-corrected chi connectivity index (χ0v) is 6.53. The summed E-state index contributed by atoms with van der Waals surface area (Å²) >= 11 is 0. The summed E-state index contributed by atoms with van der Waals surface area (Å²) in [6, 6.07) is -0.178. The van der Waals surface area contributed by atoms with Gasteiger partial charge in [-0.3, -0.25) is 0 Å². The van der Waals surface area contributed by atoms with Gasteiger partial charge in [0.15, 0.2) is 0 Å². The third-order valence-electron chi connectivity index (χ3n) is 2.08. The van der Waals surface area contributed by atoms with Gasteiger partial charge < -0.3 is 15.1 Å². The molecule has 0 aromatic carbocycles. The lowest BCUT2D eigenvalue weighted by Crippen LogP contribution is -2.36. The van der Waals surface area contributed by atoms with E-state index in [4.69, 9.17) is 10.2 Å². The van der Waals surface area contributed by atoms with Crippen LogP contribution in [0.2, 0.25) is 0 Å². The second-order valence-electron chi connectivity index (χ2n) is 3.11. The number of aliphatic hydroxyl groups is 1. The molecule has 2 N–H and O–H groups in total. The van der Waals surface area contributed by atoms with Crippen LogP contribution in [0.5, 0.6) is 0 Å². The number of carbonyl (C=O) groups is 1. The van der Waals surface area contributed by atoms with Crippen molar-refractivity contribution in [3.63, 3.8) is 0 Å². The lowest BCUT2D eigenvalue weighted by atomic mass is 10.1. The van der Waals surface area contributed by atoms with Gasteiger partial charge in [-0.1, -0.05) is 6.92 Å². The minimum absolute atomic E-state index is 0.0589. The fourth-order valence-corrected chi connectivity index (χ4v) is 1.56. The van der Waals surface area contributed by atoms with Crippen molar-refractivity contribution in [1.82, 2.24) is 4.90 Å². The van der Waals surface area contributed by atoms with Gasteiger partial charge in [-0.25, -0.2) is 4.79 Å². The Morgan fingerprint density at radius 3 is 2.73 bits per heavy atom. The van der Waals surface area contributed by atoms with Gasteiger partial charge in [-0.05, 0) is 12.3 Å². The molecule has 0 saturated carbocycles. The quantitative estimate of drug-likeness (QED) is 0.581. The minimum Gasteiger partial charge on any atom is -0.465 e. The number of rotatable bonds is 1. The molecule has 1 aliphatic heterocycles. The van der Waals surface area contributed by atoms with Gasteiger partial charge in [0.2, 0.25) is 0 Å². The standard InChI is InChI=1S/C7H13NO3/c1-5-2-6(4-9)8(3-5)7(10)11/h5-6,9H,2-4H2,1H3,(H,10,11)/t5-,6-/m0/s1. The Kier molecular flexibility index (Phi) is 2.34. The van der Waals surface area contributed by atoms with Gasteiger partial charge in [-0.15, -0.1) is 0 Å². The highest BCUT2D eigenvalue weighted by molar-refractivity contribution is 5.65. The summed E-state index contributed by atoms with van der Waals surface area (Å²) in [7, 11) is 0. The number of likely N-dealkylation sites (tertiary alicyclic amines) is 1. The van der Waals surface area contributed by atoms with Crippen molar-refractivity contribution in [1.29, 1.82) is 0 Å². The molecule has 0 aromatic rings. The van der Waals surface area contributed by atoms with Crippen LogP contribution in [0.1, 0.15) is 13.3 Å². The van der Waals surface area contributed by atoms with Crippen LogP contribution in [0.3, 0.4) is 0 Å². The smallest absolute Gasteiger partial charge is 0.407 e. The topological polar surface area (TPSA) is 60.8 Å². The van der Waals surface area contributed by atoms with E-state index in [-0.39, 0.29) is 12.6 Å². The first-order valence-electron chi connectivity index (χ1n) is 3.75. The van der Waals surface area contributed by atoms with E-state index in [9.17, 15) is 4.79 Å². The van der Waals surface area contributed by atoms with Gasteiger partial charge >= 0.3 is 6.09 Å². The number of hydrogen-bond acceptors (Lipinski definition) is 2. The molecule has 4 heteroatoms. The highest BCUT2D eigenvalue weighted by atomic mass is 16.4. The van der Waals surface area contributed by atoms with Crippen LogP contribution < -0.4 is 0 Å². The Bertz CT molecular complexity index is 160. The van der Waals surface area contributed by atoms with E-state index in [2.05, 4.69) is 0 Å². The highest BCUT2D eigenvalue weighted by Gasteiger charge is 2.32. The van der Waals surface area contributed by atoms with Gasteiger partial charge in [-0.2, -0.15) is 0 Å². The minimum atomic E-state index is -0.923. The van der Waals surface area contributed by atoms with Crippen LogP contribution >= 0.6 is 0 Å². The average molecular weight is 159 g/mol. The normalized spacial score (nSPS) is 30.9.